The molecule has 0 aromatic heterocycles. The van der Waals surface area contributed by atoms with E-state index in [2.05, 4.69) is 16.6 Å². The van der Waals surface area contributed by atoms with Crippen molar-refractivity contribution in [3.05, 3.63) is 71.3 Å². The number of alkyl carbamates (subject to hydrolysis) is 1. The average molecular weight is 646 g/mol. The summed E-state index contributed by atoms with van der Waals surface area (Å²) in [7, 11) is 0. The minimum absolute atomic E-state index is 0.0542. The fourth-order valence-corrected chi connectivity index (χ4v) is 4.55. The highest BCUT2D eigenvalue weighted by atomic mass is 16.6. The lowest BCUT2D eigenvalue weighted by Gasteiger charge is -2.34. The number of ether oxygens (including phenoxy) is 2. The van der Waals surface area contributed by atoms with Gasteiger partial charge in [0, 0.05) is 18.4 Å². The van der Waals surface area contributed by atoms with Crippen LogP contribution in [0.4, 0.5) is 4.79 Å². The molecule has 2 rings (SSSR count). The van der Waals surface area contributed by atoms with Gasteiger partial charge >= 0.3 is 12.1 Å². The third kappa shape index (κ3) is 12.5. The summed E-state index contributed by atoms with van der Waals surface area (Å²) in [5.74, 6) is -0.689. The van der Waals surface area contributed by atoms with Crippen LogP contribution in [-0.4, -0.2) is 64.5 Å². The molecule has 0 saturated heterocycles. The molecule has 2 aromatic rings. The zero-order chi connectivity index (χ0) is 35.4. The molecular formula is C35H43N5O7. The van der Waals surface area contributed by atoms with E-state index in [4.69, 9.17) is 21.6 Å². The standard InChI is InChI=1S/C35H43N5O7/c1-8-24-16-12-13-17-25(24)29(30(42)38-27(32(44)46-34(2,3)4)22-23-14-10-9-11-15-23)40(21-20-36)31(43)26(18-19-28(37)41)39-33(45)47-35(5,6)7/h1,9-17,26-27,29H,18-19,21-22H2,2-7H3,(H2,37,41)(H,38,42)(H,39,45). The highest BCUT2D eigenvalue weighted by molar-refractivity contribution is 5.94. The number of nitrogens with one attached hydrogen (secondary N) is 2. The van der Waals surface area contributed by atoms with E-state index in [9.17, 15) is 29.2 Å². The molecule has 0 aliphatic heterocycles. The second-order valence-corrected chi connectivity index (χ2v) is 12.7. The van der Waals surface area contributed by atoms with Gasteiger partial charge in [-0.3, -0.25) is 14.4 Å². The molecule has 4 amide bonds. The molecule has 47 heavy (non-hydrogen) atoms. The number of primary amides is 1. The molecule has 250 valence electrons. The van der Waals surface area contributed by atoms with Crippen LogP contribution in [0.1, 0.15) is 77.1 Å². The number of carbonyl (C=O) groups is 5. The van der Waals surface area contributed by atoms with Crippen molar-refractivity contribution in [1.29, 1.82) is 5.26 Å². The van der Waals surface area contributed by atoms with Gasteiger partial charge in [0.25, 0.3) is 0 Å². The average Bonchev–Trinajstić information content (AvgIpc) is 2.97. The normalized spacial score (nSPS) is 13.0. The van der Waals surface area contributed by atoms with E-state index >= 15 is 0 Å². The highest BCUT2D eigenvalue weighted by Crippen LogP contribution is 2.27. The summed E-state index contributed by atoms with van der Waals surface area (Å²) in [5, 5.41) is 15.0. The first-order chi connectivity index (χ1) is 22.0. The summed E-state index contributed by atoms with van der Waals surface area (Å²) in [6.45, 7) is 9.32. The molecule has 0 aliphatic carbocycles. The third-order valence-corrected chi connectivity index (χ3v) is 6.45. The largest absolute Gasteiger partial charge is 0.458 e. The molecule has 3 atom stereocenters. The first-order valence-electron chi connectivity index (χ1n) is 15.0. The van der Waals surface area contributed by atoms with Crippen molar-refractivity contribution in [2.24, 2.45) is 5.73 Å². The van der Waals surface area contributed by atoms with Crippen LogP contribution in [0.3, 0.4) is 0 Å². The van der Waals surface area contributed by atoms with E-state index in [-0.39, 0.29) is 30.4 Å². The second-order valence-electron chi connectivity index (χ2n) is 12.7. The van der Waals surface area contributed by atoms with Crippen LogP contribution in [0.2, 0.25) is 0 Å². The Morgan fingerprint density at radius 3 is 2.04 bits per heavy atom. The number of rotatable bonds is 13. The van der Waals surface area contributed by atoms with Crippen molar-refractivity contribution in [2.45, 2.75) is 90.1 Å². The molecule has 12 nitrogen and oxygen atoms in total. The molecule has 0 spiro atoms. The summed E-state index contributed by atoms with van der Waals surface area (Å²) in [4.78, 5) is 67.3. The number of carbonyl (C=O) groups excluding carboxylic acids is 5. The Hall–Kier alpha value is -5.36. The van der Waals surface area contributed by atoms with Gasteiger partial charge in [-0.05, 0) is 65.2 Å². The Bertz CT molecular complexity index is 1510. The molecule has 0 bridgehead atoms. The Morgan fingerprint density at radius 2 is 1.49 bits per heavy atom. The van der Waals surface area contributed by atoms with Gasteiger partial charge in [0.05, 0.1) is 6.07 Å². The number of amides is 4. The van der Waals surface area contributed by atoms with Crippen LogP contribution in [0.5, 0.6) is 0 Å². The molecular weight excluding hydrogens is 602 g/mol. The van der Waals surface area contributed by atoms with Crippen LogP contribution >= 0.6 is 0 Å². The van der Waals surface area contributed by atoms with Crippen molar-refractivity contribution in [2.75, 3.05) is 6.54 Å². The van der Waals surface area contributed by atoms with Gasteiger partial charge < -0.3 is 30.7 Å². The molecule has 0 aliphatic rings. The van der Waals surface area contributed by atoms with Gasteiger partial charge in [0.15, 0.2) is 0 Å². The van der Waals surface area contributed by atoms with E-state index in [0.717, 1.165) is 10.5 Å². The SMILES string of the molecule is C#Cc1ccccc1C(C(=O)NC(Cc1ccccc1)C(=O)OC(C)(C)C)N(CC#N)C(=O)C(CCC(N)=O)NC(=O)OC(C)(C)C. The lowest BCUT2D eigenvalue weighted by atomic mass is 9.96. The summed E-state index contributed by atoms with van der Waals surface area (Å²) in [5.41, 5.74) is 4.70. The minimum Gasteiger partial charge on any atom is -0.458 e. The zero-order valence-electron chi connectivity index (χ0n) is 27.7. The van der Waals surface area contributed by atoms with E-state index < -0.39 is 65.7 Å². The number of hydrogen-bond donors (Lipinski definition) is 3. The van der Waals surface area contributed by atoms with E-state index in [1.54, 1.807) is 84.0 Å². The maximum absolute atomic E-state index is 14.3. The Morgan fingerprint density at radius 1 is 0.894 bits per heavy atom. The first-order valence-corrected chi connectivity index (χ1v) is 15.0. The number of terminal acetylenes is 1. The third-order valence-electron chi connectivity index (χ3n) is 6.45. The summed E-state index contributed by atoms with van der Waals surface area (Å²) in [6, 6.07) is 13.0. The predicted molar refractivity (Wildman–Crippen MR) is 174 cm³/mol. The number of nitrogens with zero attached hydrogens (tertiary/aromatic N) is 2. The first kappa shape index (κ1) is 37.8. The molecule has 0 saturated carbocycles. The zero-order valence-corrected chi connectivity index (χ0v) is 27.7. The smallest absolute Gasteiger partial charge is 0.408 e. The fourth-order valence-electron chi connectivity index (χ4n) is 4.55. The van der Waals surface area contributed by atoms with Crippen molar-refractivity contribution < 1.29 is 33.4 Å². The fraction of sp³-hybridized carbons (Fsp3) is 0.429. The van der Waals surface area contributed by atoms with Crippen molar-refractivity contribution >= 4 is 29.8 Å². The van der Waals surface area contributed by atoms with Crippen LogP contribution < -0.4 is 16.4 Å². The lowest BCUT2D eigenvalue weighted by Crippen LogP contribution is -2.55. The monoisotopic (exact) mass is 645 g/mol. The van der Waals surface area contributed by atoms with E-state index in [0.29, 0.717) is 0 Å². The molecule has 4 N–H and O–H groups in total. The van der Waals surface area contributed by atoms with Crippen molar-refractivity contribution in [1.82, 2.24) is 15.5 Å². The number of hydrogen-bond acceptors (Lipinski definition) is 8. The molecule has 3 unspecified atom stereocenters. The maximum Gasteiger partial charge on any atom is 0.408 e. The predicted octanol–water partition coefficient (Wildman–Crippen LogP) is 3.29. The number of nitriles is 1. The molecule has 0 fully saturated rings. The number of esters is 1. The van der Waals surface area contributed by atoms with Gasteiger partial charge in [0.1, 0.15) is 35.9 Å². The summed E-state index contributed by atoms with van der Waals surface area (Å²) < 4.78 is 10.9. The maximum atomic E-state index is 14.3. The topological polar surface area (TPSA) is 181 Å². The second kappa shape index (κ2) is 16.8. The quantitative estimate of drug-likeness (QED) is 0.169. The summed E-state index contributed by atoms with van der Waals surface area (Å²) in [6.07, 6.45) is 4.31. The summed E-state index contributed by atoms with van der Waals surface area (Å²) >= 11 is 0. The van der Waals surface area contributed by atoms with Crippen LogP contribution in [-0.2, 0) is 35.1 Å². The van der Waals surface area contributed by atoms with Crippen LogP contribution in [0.15, 0.2) is 54.6 Å². The Balaban J connectivity index is 2.65. The van der Waals surface area contributed by atoms with Gasteiger partial charge in [-0.15, -0.1) is 6.42 Å². The molecule has 0 radical (unpaired) electrons. The Kier molecular flexibility index (Phi) is 13.5. The molecule has 12 heteroatoms. The Labute approximate surface area is 276 Å². The van der Waals surface area contributed by atoms with Crippen molar-refractivity contribution in [3.63, 3.8) is 0 Å². The van der Waals surface area contributed by atoms with Crippen LogP contribution in [0, 0.1) is 23.7 Å². The molecule has 0 heterocycles. The minimum atomic E-state index is -1.55. The number of nitrogens with two attached hydrogens (primary N) is 1. The van der Waals surface area contributed by atoms with Crippen molar-refractivity contribution in [3.8, 4) is 18.4 Å². The highest BCUT2D eigenvalue weighted by Gasteiger charge is 2.39. The van der Waals surface area contributed by atoms with E-state index in [1.165, 1.54) is 6.07 Å². The molecule has 2 aromatic carbocycles. The van der Waals surface area contributed by atoms with E-state index in [1.807, 2.05) is 12.1 Å². The van der Waals surface area contributed by atoms with Crippen LogP contribution in [0.25, 0.3) is 0 Å². The lowest BCUT2D eigenvalue weighted by molar-refractivity contribution is -0.159. The van der Waals surface area contributed by atoms with Gasteiger partial charge in [-0.25, -0.2) is 9.59 Å². The van der Waals surface area contributed by atoms with Gasteiger partial charge in [0.2, 0.25) is 17.7 Å². The number of benzene rings is 2. The van der Waals surface area contributed by atoms with Gasteiger partial charge in [-0.2, -0.15) is 5.26 Å². The van der Waals surface area contributed by atoms with Gasteiger partial charge in [-0.1, -0.05) is 54.5 Å².